The highest BCUT2D eigenvalue weighted by Crippen LogP contribution is 2.61. The van der Waals surface area contributed by atoms with Crippen molar-refractivity contribution in [3.8, 4) is 16.9 Å². The number of nitrogens with one attached hydrogen (secondary N) is 1. The second-order valence-electron chi connectivity index (χ2n) is 12.7. The molecule has 4 aliphatic carbocycles. The molecule has 7 rings (SSSR count). The van der Waals surface area contributed by atoms with Gasteiger partial charge in [0, 0.05) is 27.7 Å². The van der Waals surface area contributed by atoms with Gasteiger partial charge in [-0.15, -0.1) is 0 Å². The fourth-order valence-electron chi connectivity index (χ4n) is 8.35. The monoisotopic (exact) mass is 597 g/mol. The lowest BCUT2D eigenvalue weighted by atomic mass is 9.48. The van der Waals surface area contributed by atoms with Crippen molar-refractivity contribution < 1.29 is 4.79 Å². The van der Waals surface area contributed by atoms with Crippen molar-refractivity contribution in [2.75, 3.05) is 6.54 Å². The van der Waals surface area contributed by atoms with Crippen molar-refractivity contribution in [3.05, 3.63) is 68.8 Å². The van der Waals surface area contributed by atoms with Crippen molar-refractivity contribution in [2.45, 2.75) is 77.6 Å². The topological polar surface area (TPSA) is 46.9 Å². The third kappa shape index (κ3) is 5.82. The molecule has 1 N–H and O–H groups in total. The highest BCUT2D eigenvalue weighted by atomic mass is 35.5. The van der Waals surface area contributed by atoms with Crippen LogP contribution >= 0.6 is 34.8 Å². The van der Waals surface area contributed by atoms with Gasteiger partial charge in [-0.3, -0.25) is 4.79 Å². The van der Waals surface area contributed by atoms with Gasteiger partial charge < -0.3 is 5.32 Å². The summed E-state index contributed by atoms with van der Waals surface area (Å²) in [6, 6.07) is 12.8. The average molecular weight is 599 g/mol. The van der Waals surface area contributed by atoms with Gasteiger partial charge in [0.25, 0.3) is 5.91 Å². The zero-order valence-electron chi connectivity index (χ0n) is 23.2. The summed E-state index contributed by atoms with van der Waals surface area (Å²) in [5.41, 5.74) is 4.24. The Hall–Kier alpha value is -2.01. The molecule has 1 heterocycles. The zero-order valence-corrected chi connectivity index (χ0v) is 25.5. The first kappa shape index (κ1) is 28.1. The van der Waals surface area contributed by atoms with Crippen LogP contribution in [0, 0.1) is 30.1 Å². The van der Waals surface area contributed by atoms with Gasteiger partial charge in [0.2, 0.25) is 0 Å². The summed E-state index contributed by atoms with van der Waals surface area (Å²) in [7, 11) is 0. The van der Waals surface area contributed by atoms with Gasteiger partial charge in [-0.05, 0) is 112 Å². The van der Waals surface area contributed by atoms with Crippen LogP contribution < -0.4 is 5.32 Å². The van der Waals surface area contributed by atoms with Crippen molar-refractivity contribution >= 4 is 40.7 Å². The summed E-state index contributed by atoms with van der Waals surface area (Å²) in [5, 5.41) is 9.50. The lowest BCUT2D eigenvalue weighted by Gasteiger charge is -2.57. The summed E-state index contributed by atoms with van der Waals surface area (Å²) in [5.74, 6) is 2.93. The van der Waals surface area contributed by atoms with Crippen LogP contribution in [-0.2, 0) is 0 Å². The van der Waals surface area contributed by atoms with Crippen molar-refractivity contribution in [3.63, 3.8) is 0 Å². The number of benzene rings is 2. The number of amides is 1. The van der Waals surface area contributed by atoms with Crippen LogP contribution in [0.2, 0.25) is 15.1 Å². The van der Waals surface area contributed by atoms with Crippen molar-refractivity contribution in [1.82, 2.24) is 15.1 Å². The largest absolute Gasteiger partial charge is 0.351 e. The molecule has 1 aromatic heterocycles. The minimum Gasteiger partial charge on any atom is -0.351 e. The quantitative estimate of drug-likeness (QED) is 0.236. The number of carbonyl (C=O) groups is 1. The molecule has 0 unspecified atom stereocenters. The van der Waals surface area contributed by atoms with Crippen LogP contribution in [0.1, 0.15) is 86.7 Å². The van der Waals surface area contributed by atoms with Crippen LogP contribution in [-0.4, -0.2) is 22.2 Å². The smallest absolute Gasteiger partial charge is 0.272 e. The molecule has 212 valence electrons. The number of nitrogens with zero attached hydrogens (tertiary/aromatic N) is 2. The van der Waals surface area contributed by atoms with Crippen LogP contribution in [0.25, 0.3) is 16.9 Å². The van der Waals surface area contributed by atoms with E-state index in [4.69, 9.17) is 39.9 Å². The fraction of sp³-hybridized carbons (Fsp3) is 0.515. The summed E-state index contributed by atoms with van der Waals surface area (Å²) < 4.78 is 1.73. The summed E-state index contributed by atoms with van der Waals surface area (Å²) in [6.07, 6.45) is 15.2. The van der Waals surface area contributed by atoms with Crippen molar-refractivity contribution in [2.24, 2.45) is 23.2 Å². The number of unbranched alkanes of at least 4 members (excludes halogenated alkanes) is 3. The van der Waals surface area contributed by atoms with Crippen LogP contribution in [0.15, 0.2) is 42.5 Å². The van der Waals surface area contributed by atoms with Crippen LogP contribution in [0.4, 0.5) is 0 Å². The van der Waals surface area contributed by atoms with Crippen LogP contribution in [0.3, 0.4) is 0 Å². The van der Waals surface area contributed by atoms with Gasteiger partial charge >= 0.3 is 0 Å². The molecule has 4 saturated carbocycles. The summed E-state index contributed by atoms with van der Waals surface area (Å²) >= 11 is 18.8. The van der Waals surface area contributed by atoms with E-state index in [0.29, 0.717) is 38.4 Å². The van der Waals surface area contributed by atoms with E-state index in [2.05, 4.69) is 5.32 Å². The Morgan fingerprint density at radius 1 is 0.900 bits per heavy atom. The molecule has 3 aromatic rings. The normalized spacial score (nSPS) is 24.9. The maximum absolute atomic E-state index is 13.3. The predicted octanol–water partition coefficient (Wildman–Crippen LogP) is 9.70. The van der Waals surface area contributed by atoms with Gasteiger partial charge in [-0.25, -0.2) is 4.68 Å². The molecule has 0 atom stereocenters. The van der Waals surface area contributed by atoms with E-state index < -0.39 is 0 Å². The standard InChI is InChI=1S/C33H38Cl3N3O/c1-21-30(38-39(29-11-10-27(35)17-28(29)36)31(21)25-6-8-26(34)9-7-25)32(40)37-13-5-3-2-4-12-33-18-22-14-23(19-33)16-24(15-22)20-33/h6-11,17,22-24H,2-5,12-16,18-20H2,1H3,(H,37,40). The lowest BCUT2D eigenvalue weighted by molar-refractivity contribution is -0.0583. The maximum Gasteiger partial charge on any atom is 0.272 e. The first-order valence-corrected chi connectivity index (χ1v) is 16.0. The van der Waals surface area contributed by atoms with Gasteiger partial charge in [-0.1, -0.05) is 66.2 Å². The minimum atomic E-state index is -0.162. The van der Waals surface area contributed by atoms with Crippen molar-refractivity contribution in [1.29, 1.82) is 0 Å². The minimum absolute atomic E-state index is 0.162. The summed E-state index contributed by atoms with van der Waals surface area (Å²) in [6.45, 7) is 2.58. The van der Waals surface area contributed by atoms with E-state index in [1.54, 1.807) is 16.8 Å². The molecule has 0 radical (unpaired) electrons. The van der Waals surface area contributed by atoms with Gasteiger partial charge in [0.15, 0.2) is 5.69 Å². The number of rotatable bonds is 10. The molecule has 2 aromatic carbocycles. The van der Waals surface area contributed by atoms with E-state index in [1.165, 1.54) is 57.8 Å². The fourth-order valence-corrected chi connectivity index (χ4v) is 8.96. The molecule has 4 aliphatic rings. The Kier molecular flexibility index (Phi) is 8.23. The third-order valence-corrected chi connectivity index (χ3v) is 10.5. The van der Waals surface area contributed by atoms with Gasteiger partial charge in [0.05, 0.1) is 16.4 Å². The number of carbonyl (C=O) groups excluding carboxylic acids is 1. The molecule has 0 saturated heterocycles. The highest BCUT2D eigenvalue weighted by Gasteiger charge is 2.50. The van der Waals surface area contributed by atoms with E-state index in [9.17, 15) is 4.79 Å². The Morgan fingerprint density at radius 2 is 1.52 bits per heavy atom. The first-order chi connectivity index (χ1) is 19.3. The predicted molar refractivity (Wildman–Crippen MR) is 165 cm³/mol. The first-order valence-electron chi connectivity index (χ1n) is 14.9. The molecule has 0 aliphatic heterocycles. The molecule has 4 fully saturated rings. The molecule has 7 heteroatoms. The molecule has 4 bridgehead atoms. The van der Waals surface area contributed by atoms with Crippen LogP contribution in [0.5, 0.6) is 0 Å². The summed E-state index contributed by atoms with van der Waals surface area (Å²) in [4.78, 5) is 13.3. The Bertz CT molecular complexity index is 1350. The molecular weight excluding hydrogens is 561 g/mol. The lowest BCUT2D eigenvalue weighted by Crippen LogP contribution is -2.45. The number of aromatic nitrogens is 2. The number of hydrogen-bond donors (Lipinski definition) is 1. The average Bonchev–Trinajstić information content (AvgIpc) is 3.24. The molecule has 1 amide bonds. The Labute approximate surface area is 252 Å². The van der Waals surface area contributed by atoms with Gasteiger partial charge in [-0.2, -0.15) is 5.10 Å². The molecule has 40 heavy (non-hydrogen) atoms. The van der Waals surface area contributed by atoms with E-state index in [0.717, 1.165) is 47.4 Å². The second-order valence-corrected chi connectivity index (χ2v) is 14.0. The zero-order chi connectivity index (χ0) is 27.9. The number of halogens is 3. The third-order valence-electron chi connectivity index (χ3n) is 9.68. The van der Waals surface area contributed by atoms with Gasteiger partial charge in [0.1, 0.15) is 0 Å². The highest BCUT2D eigenvalue weighted by molar-refractivity contribution is 6.35. The number of hydrogen-bond acceptors (Lipinski definition) is 2. The SMILES string of the molecule is Cc1c(C(=O)NCCCCCCC23CC4CC(CC(C4)C2)C3)nn(-c2ccc(Cl)cc2Cl)c1-c1ccc(Cl)cc1. The maximum atomic E-state index is 13.3. The molecule has 0 spiro atoms. The Morgan fingerprint density at radius 3 is 2.17 bits per heavy atom. The second kappa shape index (κ2) is 11.7. The van der Waals surface area contributed by atoms with E-state index in [-0.39, 0.29) is 5.91 Å². The van der Waals surface area contributed by atoms with E-state index >= 15 is 0 Å². The van der Waals surface area contributed by atoms with E-state index in [1.807, 2.05) is 37.3 Å². The Balaban J connectivity index is 1.06. The molecular formula is C33H38Cl3N3O. The molecule has 4 nitrogen and oxygen atoms in total.